The van der Waals surface area contributed by atoms with Crippen LogP contribution in [0.25, 0.3) is 0 Å². The molecule has 2 nitrogen and oxygen atoms in total. The van der Waals surface area contributed by atoms with Gasteiger partial charge in [0.1, 0.15) is 6.54 Å². The molecule has 0 bridgehead atoms. The number of alkyl halides is 3. The Labute approximate surface area is 107 Å². The van der Waals surface area contributed by atoms with Crippen LogP contribution in [-0.4, -0.2) is 30.1 Å². The van der Waals surface area contributed by atoms with Crippen LogP contribution in [0.4, 0.5) is 13.2 Å². The van der Waals surface area contributed by atoms with Crippen LogP contribution in [0.2, 0.25) is 0 Å². The molecule has 0 aromatic carbocycles. The number of halogens is 3. The van der Waals surface area contributed by atoms with E-state index in [1.165, 1.54) is 0 Å². The highest BCUT2D eigenvalue weighted by Gasteiger charge is 2.33. The first-order valence-corrected chi connectivity index (χ1v) is 6.77. The quantitative estimate of drug-likeness (QED) is 0.716. The first-order chi connectivity index (χ1) is 8.42. The maximum Gasteiger partial charge on any atom is 0.406 e. The van der Waals surface area contributed by atoms with Crippen LogP contribution >= 0.6 is 0 Å². The van der Waals surface area contributed by atoms with Gasteiger partial charge >= 0.3 is 6.18 Å². The normalized spacial score (nSPS) is 17.1. The van der Waals surface area contributed by atoms with Gasteiger partial charge in [0.2, 0.25) is 5.91 Å². The summed E-state index contributed by atoms with van der Waals surface area (Å²) in [5.41, 5.74) is 0. The lowest BCUT2D eigenvalue weighted by atomic mass is 10.0. The fraction of sp³-hybridized carbons (Fsp3) is 0.923. The van der Waals surface area contributed by atoms with E-state index in [-0.39, 0.29) is 12.5 Å². The van der Waals surface area contributed by atoms with Crippen molar-refractivity contribution in [2.24, 2.45) is 5.92 Å². The van der Waals surface area contributed by atoms with Crippen LogP contribution < -0.4 is 0 Å². The molecule has 0 aromatic rings. The number of nitrogens with zero attached hydrogens (tertiary/aromatic N) is 1. The van der Waals surface area contributed by atoms with Crippen molar-refractivity contribution >= 4 is 5.91 Å². The van der Waals surface area contributed by atoms with Gasteiger partial charge in [0, 0.05) is 13.0 Å². The van der Waals surface area contributed by atoms with Gasteiger partial charge in [-0.1, -0.05) is 26.2 Å². The number of hydrogen-bond acceptors (Lipinski definition) is 1. The molecule has 0 spiro atoms. The highest BCUT2D eigenvalue weighted by Crippen LogP contribution is 2.28. The van der Waals surface area contributed by atoms with Crippen molar-refractivity contribution < 1.29 is 18.0 Å². The fourth-order valence-electron chi connectivity index (χ4n) is 2.45. The molecular formula is C13H22F3NO. The van der Waals surface area contributed by atoms with Crippen LogP contribution in [0.15, 0.2) is 0 Å². The van der Waals surface area contributed by atoms with Crippen LogP contribution in [0.3, 0.4) is 0 Å². The molecule has 1 aliphatic rings. The van der Waals surface area contributed by atoms with Crippen molar-refractivity contribution in [3.8, 4) is 0 Å². The lowest BCUT2D eigenvalue weighted by molar-refractivity contribution is -0.161. The topological polar surface area (TPSA) is 20.3 Å². The smallest absolute Gasteiger partial charge is 0.334 e. The van der Waals surface area contributed by atoms with Crippen molar-refractivity contribution in [2.45, 2.75) is 58.0 Å². The molecule has 0 atom stereocenters. The Morgan fingerprint density at radius 2 is 1.89 bits per heavy atom. The summed E-state index contributed by atoms with van der Waals surface area (Å²) in [4.78, 5) is 12.9. The molecule has 106 valence electrons. The third-order valence-electron chi connectivity index (χ3n) is 3.44. The van der Waals surface area contributed by atoms with E-state index in [2.05, 4.69) is 0 Å². The summed E-state index contributed by atoms with van der Waals surface area (Å²) in [6.45, 7) is 1.04. The van der Waals surface area contributed by atoms with Crippen LogP contribution in [0.1, 0.15) is 51.9 Å². The first-order valence-electron chi connectivity index (χ1n) is 6.77. The molecule has 1 saturated carbocycles. The molecule has 0 saturated heterocycles. The second-order valence-electron chi connectivity index (χ2n) is 5.14. The summed E-state index contributed by atoms with van der Waals surface area (Å²) < 4.78 is 37.2. The predicted octanol–water partition coefficient (Wildman–Crippen LogP) is 3.76. The summed E-state index contributed by atoms with van der Waals surface area (Å²) in [7, 11) is 0. The molecule has 0 N–H and O–H groups in total. The minimum Gasteiger partial charge on any atom is -0.334 e. The average molecular weight is 265 g/mol. The van der Waals surface area contributed by atoms with Crippen LogP contribution in [0, 0.1) is 5.92 Å². The maximum atomic E-state index is 12.4. The molecule has 0 aliphatic heterocycles. The number of unbranched alkanes of at least 4 members (excludes halogenated alkanes) is 1. The second kappa shape index (κ2) is 7.00. The average Bonchev–Trinajstić information content (AvgIpc) is 2.75. The molecule has 0 heterocycles. The lowest BCUT2D eigenvalue weighted by Gasteiger charge is -2.25. The van der Waals surface area contributed by atoms with Crippen molar-refractivity contribution in [3.63, 3.8) is 0 Å². The van der Waals surface area contributed by atoms with Gasteiger partial charge in [-0.2, -0.15) is 13.2 Å². The summed E-state index contributed by atoms with van der Waals surface area (Å²) in [6.07, 6.45) is 1.60. The van der Waals surface area contributed by atoms with E-state index in [0.717, 1.165) is 37.0 Å². The van der Waals surface area contributed by atoms with Gasteiger partial charge < -0.3 is 4.90 Å². The Morgan fingerprint density at radius 1 is 1.28 bits per heavy atom. The van der Waals surface area contributed by atoms with E-state index in [1.807, 2.05) is 6.92 Å². The van der Waals surface area contributed by atoms with Gasteiger partial charge in [-0.25, -0.2) is 0 Å². The molecular weight excluding hydrogens is 243 g/mol. The zero-order valence-corrected chi connectivity index (χ0v) is 10.9. The summed E-state index contributed by atoms with van der Waals surface area (Å²) in [6, 6.07) is 0. The monoisotopic (exact) mass is 265 g/mol. The van der Waals surface area contributed by atoms with Crippen molar-refractivity contribution in [1.29, 1.82) is 0 Å². The van der Waals surface area contributed by atoms with E-state index in [1.54, 1.807) is 0 Å². The van der Waals surface area contributed by atoms with Gasteiger partial charge in [0.25, 0.3) is 0 Å². The highest BCUT2D eigenvalue weighted by molar-refractivity contribution is 5.76. The molecule has 0 radical (unpaired) electrons. The molecule has 1 fully saturated rings. The van der Waals surface area contributed by atoms with Gasteiger partial charge in [-0.05, 0) is 25.2 Å². The van der Waals surface area contributed by atoms with E-state index < -0.39 is 12.7 Å². The number of amides is 1. The number of rotatable bonds is 6. The van der Waals surface area contributed by atoms with Gasteiger partial charge in [-0.15, -0.1) is 0 Å². The molecule has 1 rings (SSSR count). The van der Waals surface area contributed by atoms with Crippen LogP contribution in [0.5, 0.6) is 0 Å². The largest absolute Gasteiger partial charge is 0.406 e. The molecule has 1 aliphatic carbocycles. The Hall–Kier alpha value is -0.740. The summed E-state index contributed by atoms with van der Waals surface area (Å²) >= 11 is 0. The number of hydrogen-bond donors (Lipinski definition) is 0. The van der Waals surface area contributed by atoms with Crippen molar-refractivity contribution in [3.05, 3.63) is 0 Å². The van der Waals surface area contributed by atoms with Gasteiger partial charge in [0.05, 0.1) is 0 Å². The summed E-state index contributed by atoms with van der Waals surface area (Å²) in [5, 5.41) is 0. The van der Waals surface area contributed by atoms with E-state index in [4.69, 9.17) is 0 Å². The van der Waals surface area contributed by atoms with E-state index >= 15 is 0 Å². The molecule has 5 heteroatoms. The third kappa shape index (κ3) is 5.74. The summed E-state index contributed by atoms with van der Waals surface area (Å²) in [5.74, 6) is -0.0254. The second-order valence-corrected chi connectivity index (χ2v) is 5.14. The molecule has 0 aromatic heterocycles. The van der Waals surface area contributed by atoms with Crippen LogP contribution in [-0.2, 0) is 4.79 Å². The van der Waals surface area contributed by atoms with E-state index in [0.29, 0.717) is 18.8 Å². The molecule has 0 unspecified atom stereocenters. The minimum atomic E-state index is -4.29. The molecule has 18 heavy (non-hydrogen) atoms. The van der Waals surface area contributed by atoms with Gasteiger partial charge in [-0.3, -0.25) is 4.79 Å². The van der Waals surface area contributed by atoms with E-state index in [9.17, 15) is 18.0 Å². The lowest BCUT2D eigenvalue weighted by Crippen LogP contribution is -2.40. The zero-order chi connectivity index (χ0) is 13.6. The third-order valence-corrected chi connectivity index (χ3v) is 3.44. The predicted molar refractivity (Wildman–Crippen MR) is 64.1 cm³/mol. The first kappa shape index (κ1) is 15.3. The SMILES string of the molecule is CCCCN(CC(F)(F)F)C(=O)CC1CCCC1. The fourth-order valence-corrected chi connectivity index (χ4v) is 2.45. The molecule has 1 amide bonds. The number of carbonyl (C=O) groups is 1. The Balaban J connectivity index is 2.48. The Bertz CT molecular complexity index is 259. The standard InChI is InChI=1S/C13H22F3NO/c1-2-3-8-17(10-13(14,15)16)12(18)9-11-6-4-5-7-11/h11H,2-10H2,1H3. The minimum absolute atomic E-state index is 0.224. The number of carbonyl (C=O) groups excluding carboxylic acids is 1. The van der Waals surface area contributed by atoms with Gasteiger partial charge in [0.15, 0.2) is 0 Å². The Kier molecular flexibility index (Phi) is 5.96. The van der Waals surface area contributed by atoms with Crippen molar-refractivity contribution in [1.82, 2.24) is 4.90 Å². The van der Waals surface area contributed by atoms with Crippen molar-refractivity contribution in [2.75, 3.05) is 13.1 Å². The maximum absolute atomic E-state index is 12.4. The Morgan fingerprint density at radius 3 is 2.39 bits per heavy atom. The zero-order valence-electron chi connectivity index (χ0n) is 10.9. The highest BCUT2D eigenvalue weighted by atomic mass is 19.4.